The molecule has 86 valence electrons. The molecule has 1 aromatic carbocycles. The minimum absolute atomic E-state index is 0.139. The van der Waals surface area contributed by atoms with Gasteiger partial charge in [0.05, 0.1) is 10.0 Å². The monoisotopic (exact) mass is 259 g/mol. The standard InChI is InChI=1S/C11H11Cl2NO2/c1-14(2)6-8(7-15)16-11-9(12)4-3-5-10(11)13/h3-7H,1-2H3/b8-6-. The zero-order valence-corrected chi connectivity index (χ0v) is 10.4. The van der Waals surface area contributed by atoms with E-state index in [0.29, 0.717) is 16.3 Å². The second kappa shape index (κ2) is 5.77. The molecule has 0 N–H and O–H groups in total. The van der Waals surface area contributed by atoms with Gasteiger partial charge in [-0.05, 0) is 12.1 Å². The molecule has 5 heteroatoms. The van der Waals surface area contributed by atoms with Gasteiger partial charge < -0.3 is 9.64 Å². The Morgan fingerprint density at radius 2 is 1.88 bits per heavy atom. The van der Waals surface area contributed by atoms with Gasteiger partial charge in [-0.25, -0.2) is 0 Å². The van der Waals surface area contributed by atoms with Crippen molar-refractivity contribution in [1.82, 2.24) is 4.90 Å². The minimum atomic E-state index is 0.139. The fourth-order valence-corrected chi connectivity index (χ4v) is 1.51. The van der Waals surface area contributed by atoms with Gasteiger partial charge in [0, 0.05) is 20.3 Å². The van der Waals surface area contributed by atoms with E-state index < -0.39 is 0 Å². The quantitative estimate of drug-likeness (QED) is 0.473. The van der Waals surface area contributed by atoms with Crippen molar-refractivity contribution in [2.45, 2.75) is 0 Å². The molecule has 0 bridgehead atoms. The maximum absolute atomic E-state index is 10.8. The lowest BCUT2D eigenvalue weighted by molar-refractivity contribution is -0.106. The summed E-state index contributed by atoms with van der Waals surface area (Å²) < 4.78 is 5.32. The smallest absolute Gasteiger partial charge is 0.186 e. The predicted molar refractivity (Wildman–Crippen MR) is 64.9 cm³/mol. The largest absolute Gasteiger partial charge is 0.449 e. The van der Waals surface area contributed by atoms with E-state index in [0.717, 1.165) is 0 Å². The van der Waals surface area contributed by atoms with Gasteiger partial charge in [-0.3, -0.25) is 4.79 Å². The summed E-state index contributed by atoms with van der Waals surface area (Å²) in [5.41, 5.74) is 0. The van der Waals surface area contributed by atoms with Crippen molar-refractivity contribution in [3.05, 3.63) is 40.2 Å². The van der Waals surface area contributed by atoms with Crippen molar-refractivity contribution in [2.75, 3.05) is 14.1 Å². The summed E-state index contributed by atoms with van der Waals surface area (Å²) in [4.78, 5) is 12.5. The molecule has 0 saturated carbocycles. The number of nitrogens with zero attached hydrogens (tertiary/aromatic N) is 1. The number of para-hydroxylation sites is 1. The lowest BCUT2D eigenvalue weighted by atomic mass is 10.3. The van der Waals surface area contributed by atoms with Crippen LogP contribution in [0.25, 0.3) is 0 Å². The Labute approximate surface area is 104 Å². The molecule has 0 aromatic heterocycles. The summed E-state index contributed by atoms with van der Waals surface area (Å²) >= 11 is 11.8. The van der Waals surface area contributed by atoms with Crippen LogP contribution in [0.3, 0.4) is 0 Å². The maximum Gasteiger partial charge on any atom is 0.186 e. The summed E-state index contributed by atoms with van der Waals surface area (Å²) in [6, 6.07) is 4.98. The highest BCUT2D eigenvalue weighted by molar-refractivity contribution is 6.37. The Hall–Kier alpha value is -1.19. The topological polar surface area (TPSA) is 29.5 Å². The normalized spacial score (nSPS) is 11.1. The van der Waals surface area contributed by atoms with Gasteiger partial charge in [-0.1, -0.05) is 29.3 Å². The summed E-state index contributed by atoms with van der Waals surface area (Å²) in [5, 5.41) is 0.720. The van der Waals surface area contributed by atoms with Crippen molar-refractivity contribution < 1.29 is 9.53 Å². The van der Waals surface area contributed by atoms with Crippen molar-refractivity contribution >= 4 is 29.5 Å². The average Bonchev–Trinajstić information content (AvgIpc) is 2.21. The molecule has 1 aromatic rings. The molecular weight excluding hydrogens is 249 g/mol. The number of halogens is 2. The highest BCUT2D eigenvalue weighted by Gasteiger charge is 2.09. The predicted octanol–water partition coefficient (Wildman–Crippen LogP) is 2.97. The lowest BCUT2D eigenvalue weighted by Crippen LogP contribution is -2.07. The molecule has 0 radical (unpaired) electrons. The molecule has 0 aliphatic carbocycles. The van der Waals surface area contributed by atoms with Crippen molar-refractivity contribution in [3.63, 3.8) is 0 Å². The van der Waals surface area contributed by atoms with Gasteiger partial charge in [-0.2, -0.15) is 0 Å². The molecule has 0 spiro atoms. The average molecular weight is 260 g/mol. The van der Waals surface area contributed by atoms with Crippen LogP contribution in [-0.4, -0.2) is 25.3 Å². The number of carbonyl (C=O) groups is 1. The van der Waals surface area contributed by atoms with Crippen LogP contribution in [-0.2, 0) is 4.79 Å². The molecule has 0 aliphatic rings. The van der Waals surface area contributed by atoms with E-state index in [1.165, 1.54) is 6.20 Å². The highest BCUT2D eigenvalue weighted by Crippen LogP contribution is 2.33. The summed E-state index contributed by atoms with van der Waals surface area (Å²) in [6.07, 6.45) is 2.13. The van der Waals surface area contributed by atoms with E-state index in [4.69, 9.17) is 27.9 Å². The summed E-state index contributed by atoms with van der Waals surface area (Å²) in [6.45, 7) is 0. The van der Waals surface area contributed by atoms with Crippen LogP contribution >= 0.6 is 23.2 Å². The summed E-state index contributed by atoms with van der Waals surface area (Å²) in [7, 11) is 3.56. The minimum Gasteiger partial charge on any atom is -0.449 e. The van der Waals surface area contributed by atoms with Crippen molar-refractivity contribution in [2.24, 2.45) is 0 Å². The SMILES string of the molecule is CN(C)/C=C(/C=O)Oc1c(Cl)cccc1Cl. The first-order valence-electron chi connectivity index (χ1n) is 4.50. The molecule has 0 heterocycles. The zero-order chi connectivity index (χ0) is 12.1. The van der Waals surface area contributed by atoms with E-state index in [1.54, 1.807) is 37.2 Å². The van der Waals surface area contributed by atoms with Gasteiger partial charge in [0.15, 0.2) is 17.8 Å². The molecule has 1 rings (SSSR count). The number of benzene rings is 1. The first-order valence-corrected chi connectivity index (χ1v) is 5.25. The van der Waals surface area contributed by atoms with Gasteiger partial charge >= 0.3 is 0 Å². The molecular formula is C11H11Cl2NO2. The zero-order valence-electron chi connectivity index (χ0n) is 8.91. The number of carbonyl (C=O) groups excluding carboxylic acids is 1. The van der Waals surface area contributed by atoms with E-state index in [-0.39, 0.29) is 11.5 Å². The van der Waals surface area contributed by atoms with E-state index in [1.807, 2.05) is 0 Å². The Kier molecular flexibility index (Phi) is 4.65. The first-order chi connectivity index (χ1) is 7.54. The second-order valence-electron chi connectivity index (χ2n) is 3.27. The first kappa shape index (κ1) is 12.9. The van der Waals surface area contributed by atoms with Crippen LogP contribution in [0.2, 0.25) is 10.0 Å². The van der Waals surface area contributed by atoms with Gasteiger partial charge in [-0.15, -0.1) is 0 Å². The Morgan fingerprint density at radius 3 is 2.31 bits per heavy atom. The Bertz CT molecular complexity index is 396. The molecule has 0 fully saturated rings. The maximum atomic E-state index is 10.8. The number of rotatable bonds is 4. The molecule has 0 saturated heterocycles. The lowest BCUT2D eigenvalue weighted by Gasteiger charge is -2.11. The van der Waals surface area contributed by atoms with Gasteiger partial charge in [0.2, 0.25) is 0 Å². The number of aldehydes is 1. The molecule has 0 atom stereocenters. The third-order valence-corrected chi connectivity index (χ3v) is 2.24. The van der Waals surface area contributed by atoms with Crippen LogP contribution in [0.1, 0.15) is 0 Å². The Morgan fingerprint density at radius 1 is 1.31 bits per heavy atom. The summed E-state index contributed by atoms with van der Waals surface area (Å²) in [5.74, 6) is 0.422. The van der Waals surface area contributed by atoms with E-state index >= 15 is 0 Å². The van der Waals surface area contributed by atoms with E-state index in [9.17, 15) is 4.79 Å². The third-order valence-electron chi connectivity index (χ3n) is 1.64. The van der Waals surface area contributed by atoms with Gasteiger partial charge in [0.25, 0.3) is 0 Å². The number of allylic oxidation sites excluding steroid dienone is 1. The third kappa shape index (κ3) is 3.43. The molecule has 0 unspecified atom stereocenters. The van der Waals surface area contributed by atoms with Gasteiger partial charge in [0.1, 0.15) is 0 Å². The molecule has 0 amide bonds. The number of hydrogen-bond donors (Lipinski definition) is 0. The van der Waals surface area contributed by atoms with Crippen LogP contribution in [0.4, 0.5) is 0 Å². The fraction of sp³-hybridized carbons (Fsp3) is 0.182. The molecule has 0 aliphatic heterocycles. The van der Waals surface area contributed by atoms with Crippen LogP contribution in [0.15, 0.2) is 30.2 Å². The Balaban J connectivity index is 2.99. The fourth-order valence-electron chi connectivity index (χ4n) is 1.03. The number of ether oxygens (including phenoxy) is 1. The highest BCUT2D eigenvalue weighted by atomic mass is 35.5. The van der Waals surface area contributed by atoms with Crippen LogP contribution in [0, 0.1) is 0 Å². The molecule has 3 nitrogen and oxygen atoms in total. The second-order valence-corrected chi connectivity index (χ2v) is 4.08. The van der Waals surface area contributed by atoms with Crippen LogP contribution < -0.4 is 4.74 Å². The van der Waals surface area contributed by atoms with Crippen molar-refractivity contribution in [1.29, 1.82) is 0 Å². The van der Waals surface area contributed by atoms with Crippen LogP contribution in [0.5, 0.6) is 5.75 Å². The van der Waals surface area contributed by atoms with E-state index in [2.05, 4.69) is 0 Å². The van der Waals surface area contributed by atoms with Crippen molar-refractivity contribution in [3.8, 4) is 5.75 Å². The molecule has 16 heavy (non-hydrogen) atoms. The number of hydrogen-bond acceptors (Lipinski definition) is 3.